The Labute approximate surface area is 102 Å². The molecule has 1 atom stereocenters. The summed E-state index contributed by atoms with van der Waals surface area (Å²) in [6.45, 7) is 1.91. The summed E-state index contributed by atoms with van der Waals surface area (Å²) in [5, 5.41) is 9.01. The molecule has 1 unspecified atom stereocenters. The highest BCUT2D eigenvalue weighted by Gasteiger charge is 2.16. The first-order valence-electron chi connectivity index (χ1n) is 5.74. The van der Waals surface area contributed by atoms with Crippen LogP contribution in [0.3, 0.4) is 0 Å². The lowest BCUT2D eigenvalue weighted by Gasteiger charge is -2.05. The second-order valence-corrected chi connectivity index (χ2v) is 4.07. The van der Waals surface area contributed by atoms with E-state index < -0.39 is 0 Å². The van der Waals surface area contributed by atoms with Crippen molar-refractivity contribution in [1.82, 2.24) is 0 Å². The molecule has 2 rings (SSSR count). The minimum atomic E-state index is -0.130. The SMILES string of the molecule is CC(C#N)[n+]1ccccc1Cc1ccccc1. The number of nitrogens with zero attached hydrogens (tertiary/aromatic N) is 2. The van der Waals surface area contributed by atoms with Gasteiger partial charge in [0.25, 0.3) is 0 Å². The van der Waals surface area contributed by atoms with E-state index >= 15 is 0 Å². The van der Waals surface area contributed by atoms with Crippen LogP contribution < -0.4 is 4.57 Å². The van der Waals surface area contributed by atoms with E-state index in [0.717, 1.165) is 12.1 Å². The number of aromatic nitrogens is 1. The van der Waals surface area contributed by atoms with Crippen LogP contribution in [0.25, 0.3) is 0 Å². The molecule has 0 saturated carbocycles. The van der Waals surface area contributed by atoms with Crippen LogP contribution in [0.5, 0.6) is 0 Å². The van der Waals surface area contributed by atoms with Crippen LogP contribution in [0.2, 0.25) is 0 Å². The van der Waals surface area contributed by atoms with Crippen molar-refractivity contribution in [1.29, 1.82) is 5.26 Å². The van der Waals surface area contributed by atoms with Crippen LogP contribution in [-0.4, -0.2) is 0 Å². The molecule has 0 aliphatic rings. The van der Waals surface area contributed by atoms with Gasteiger partial charge in [-0.1, -0.05) is 36.4 Å². The van der Waals surface area contributed by atoms with E-state index in [1.165, 1.54) is 5.56 Å². The van der Waals surface area contributed by atoms with E-state index in [1.54, 1.807) is 0 Å². The molecule has 0 amide bonds. The minimum absolute atomic E-state index is 0.130. The summed E-state index contributed by atoms with van der Waals surface area (Å²) in [6.07, 6.45) is 2.82. The van der Waals surface area contributed by atoms with Gasteiger partial charge in [-0.25, -0.2) is 0 Å². The predicted octanol–water partition coefficient (Wildman–Crippen LogP) is 2.65. The van der Waals surface area contributed by atoms with Crippen LogP contribution in [0.1, 0.15) is 24.2 Å². The standard InChI is InChI=1S/C15H15N2/c1-13(12-16)17-10-6-5-9-15(17)11-14-7-3-2-4-8-14/h2-10,13H,11H2,1H3/q+1. The molecule has 0 aliphatic heterocycles. The zero-order valence-corrected chi connectivity index (χ0v) is 9.88. The van der Waals surface area contributed by atoms with Gasteiger partial charge in [0.2, 0.25) is 6.04 Å². The van der Waals surface area contributed by atoms with Crippen molar-refractivity contribution in [3.8, 4) is 6.07 Å². The Hall–Kier alpha value is -2.14. The Bertz CT molecular complexity index is 526. The molecule has 17 heavy (non-hydrogen) atoms. The Morgan fingerprint density at radius 2 is 1.82 bits per heavy atom. The Morgan fingerprint density at radius 1 is 1.12 bits per heavy atom. The molecule has 0 N–H and O–H groups in total. The van der Waals surface area contributed by atoms with Gasteiger partial charge < -0.3 is 0 Å². The number of pyridine rings is 1. The Kier molecular flexibility index (Phi) is 3.52. The van der Waals surface area contributed by atoms with Crippen LogP contribution in [0, 0.1) is 11.3 Å². The summed E-state index contributed by atoms with van der Waals surface area (Å²) in [7, 11) is 0. The molecule has 2 heteroatoms. The Morgan fingerprint density at radius 3 is 2.53 bits per heavy atom. The third-order valence-corrected chi connectivity index (χ3v) is 2.81. The van der Waals surface area contributed by atoms with Gasteiger partial charge in [0, 0.05) is 19.1 Å². The van der Waals surface area contributed by atoms with Gasteiger partial charge in [-0.15, -0.1) is 0 Å². The molecule has 0 fully saturated rings. The van der Waals surface area contributed by atoms with E-state index in [-0.39, 0.29) is 6.04 Å². The lowest BCUT2D eigenvalue weighted by atomic mass is 10.1. The van der Waals surface area contributed by atoms with Gasteiger partial charge in [0.15, 0.2) is 11.9 Å². The molecule has 0 radical (unpaired) electrons. The molecular formula is C15H15N2+. The second kappa shape index (κ2) is 5.27. The average Bonchev–Trinajstić information content (AvgIpc) is 2.40. The first-order valence-corrected chi connectivity index (χ1v) is 5.74. The summed E-state index contributed by atoms with van der Waals surface area (Å²) < 4.78 is 2.02. The third kappa shape index (κ3) is 2.70. The van der Waals surface area contributed by atoms with Crippen LogP contribution in [0.4, 0.5) is 0 Å². The van der Waals surface area contributed by atoms with E-state index in [1.807, 2.05) is 48.0 Å². The van der Waals surface area contributed by atoms with Gasteiger partial charge in [0.05, 0.1) is 6.42 Å². The summed E-state index contributed by atoms with van der Waals surface area (Å²) in [5.41, 5.74) is 2.42. The van der Waals surface area contributed by atoms with Crippen LogP contribution in [-0.2, 0) is 6.42 Å². The van der Waals surface area contributed by atoms with Crippen LogP contribution >= 0.6 is 0 Å². The zero-order valence-electron chi connectivity index (χ0n) is 9.88. The van der Waals surface area contributed by atoms with Crippen LogP contribution in [0.15, 0.2) is 54.7 Å². The fourth-order valence-electron chi connectivity index (χ4n) is 1.89. The first kappa shape index (κ1) is 11.3. The molecule has 2 nitrogen and oxygen atoms in total. The maximum absolute atomic E-state index is 9.01. The molecular weight excluding hydrogens is 208 g/mol. The normalized spacial score (nSPS) is 11.8. The molecule has 2 aromatic rings. The number of nitriles is 1. The van der Waals surface area contributed by atoms with Gasteiger partial charge in [-0.3, -0.25) is 0 Å². The van der Waals surface area contributed by atoms with Crippen molar-refractivity contribution >= 4 is 0 Å². The van der Waals surface area contributed by atoms with Gasteiger partial charge >= 0.3 is 0 Å². The van der Waals surface area contributed by atoms with Gasteiger partial charge in [0.1, 0.15) is 6.07 Å². The van der Waals surface area contributed by atoms with Crippen molar-refractivity contribution in [3.63, 3.8) is 0 Å². The average molecular weight is 223 g/mol. The third-order valence-electron chi connectivity index (χ3n) is 2.81. The lowest BCUT2D eigenvalue weighted by molar-refractivity contribution is -0.713. The van der Waals surface area contributed by atoms with Crippen molar-refractivity contribution in [2.24, 2.45) is 0 Å². The van der Waals surface area contributed by atoms with Crippen molar-refractivity contribution in [2.75, 3.05) is 0 Å². The highest BCUT2D eigenvalue weighted by Crippen LogP contribution is 2.07. The lowest BCUT2D eigenvalue weighted by Crippen LogP contribution is -2.40. The van der Waals surface area contributed by atoms with E-state index in [9.17, 15) is 0 Å². The molecule has 0 saturated heterocycles. The van der Waals surface area contributed by atoms with E-state index in [2.05, 4.69) is 24.3 Å². The molecule has 0 aliphatic carbocycles. The smallest absolute Gasteiger partial charge is 0.191 e. The topological polar surface area (TPSA) is 27.7 Å². The molecule has 1 aromatic heterocycles. The summed E-state index contributed by atoms with van der Waals surface area (Å²) in [5.74, 6) is 0. The minimum Gasteiger partial charge on any atom is -0.191 e. The first-order chi connectivity index (χ1) is 8.31. The van der Waals surface area contributed by atoms with E-state index in [4.69, 9.17) is 5.26 Å². The molecule has 0 spiro atoms. The largest absolute Gasteiger partial charge is 0.240 e. The van der Waals surface area contributed by atoms with Crippen molar-refractivity contribution < 1.29 is 4.57 Å². The highest BCUT2D eigenvalue weighted by molar-refractivity contribution is 5.19. The number of hydrogen-bond acceptors (Lipinski definition) is 1. The Balaban J connectivity index is 2.31. The number of rotatable bonds is 3. The molecule has 84 valence electrons. The van der Waals surface area contributed by atoms with Gasteiger partial charge in [-0.05, 0) is 5.56 Å². The molecule has 1 aromatic carbocycles. The quantitative estimate of drug-likeness (QED) is 0.735. The second-order valence-electron chi connectivity index (χ2n) is 4.07. The number of hydrogen-bond donors (Lipinski definition) is 0. The highest BCUT2D eigenvalue weighted by atomic mass is 15.0. The van der Waals surface area contributed by atoms with Gasteiger partial charge in [-0.2, -0.15) is 9.83 Å². The summed E-state index contributed by atoms with van der Waals surface area (Å²) >= 11 is 0. The number of benzene rings is 1. The molecule has 1 heterocycles. The predicted molar refractivity (Wildman–Crippen MR) is 66.2 cm³/mol. The maximum atomic E-state index is 9.01. The fourth-order valence-corrected chi connectivity index (χ4v) is 1.89. The van der Waals surface area contributed by atoms with Crippen molar-refractivity contribution in [2.45, 2.75) is 19.4 Å². The summed E-state index contributed by atoms with van der Waals surface area (Å²) in [6, 6.07) is 18.5. The molecule has 0 bridgehead atoms. The zero-order chi connectivity index (χ0) is 12.1. The maximum Gasteiger partial charge on any atom is 0.240 e. The van der Waals surface area contributed by atoms with Crippen molar-refractivity contribution in [3.05, 3.63) is 66.0 Å². The van der Waals surface area contributed by atoms with E-state index in [0.29, 0.717) is 0 Å². The summed E-state index contributed by atoms with van der Waals surface area (Å²) in [4.78, 5) is 0. The monoisotopic (exact) mass is 223 g/mol. The fraction of sp³-hybridized carbons (Fsp3) is 0.200.